The van der Waals surface area contributed by atoms with Crippen molar-refractivity contribution >= 4 is 33.6 Å². The number of terminal acetylenes is 1. The molecule has 3 aliphatic rings. The van der Waals surface area contributed by atoms with Crippen LogP contribution in [0.3, 0.4) is 0 Å². The van der Waals surface area contributed by atoms with Gasteiger partial charge in [-0.05, 0) is 75.1 Å². The van der Waals surface area contributed by atoms with Gasteiger partial charge in [-0.25, -0.2) is 18.0 Å². The van der Waals surface area contributed by atoms with Crippen molar-refractivity contribution in [2.75, 3.05) is 51.8 Å². The van der Waals surface area contributed by atoms with Gasteiger partial charge in [-0.1, -0.05) is 30.2 Å². The maximum absolute atomic E-state index is 16.9. The van der Waals surface area contributed by atoms with Crippen molar-refractivity contribution in [1.29, 1.82) is 0 Å². The molecule has 3 aliphatic heterocycles. The number of anilines is 1. The van der Waals surface area contributed by atoms with E-state index in [4.69, 9.17) is 20.9 Å². The Morgan fingerprint density at radius 1 is 1.10 bits per heavy atom. The number of β-amino-alcohol motifs (C(OH)–C–C–N with tert-alkyl or cyclic N) is 1. The lowest BCUT2D eigenvalue weighted by Crippen LogP contribution is -2.48. The molecule has 3 atom stereocenters. The minimum atomic E-state index is -1.04. The lowest BCUT2D eigenvalue weighted by molar-refractivity contribution is 0.0442. The molecule has 12 heteroatoms. The van der Waals surface area contributed by atoms with E-state index in [0.29, 0.717) is 24.8 Å². The van der Waals surface area contributed by atoms with E-state index in [1.807, 2.05) is 4.90 Å². The Kier molecular flexibility index (Phi) is 8.77. The summed E-state index contributed by atoms with van der Waals surface area (Å²) in [4.78, 5) is 26.9. The summed E-state index contributed by atoms with van der Waals surface area (Å²) in [5.74, 6) is 0.0909. The van der Waals surface area contributed by atoms with Crippen molar-refractivity contribution in [1.82, 2.24) is 19.8 Å². The molecule has 9 nitrogen and oxygen atoms in total. The van der Waals surface area contributed by atoms with Crippen molar-refractivity contribution < 1.29 is 32.5 Å². The number of halogens is 3. The molecule has 0 bridgehead atoms. The third-order valence-electron chi connectivity index (χ3n) is 10.5. The van der Waals surface area contributed by atoms with Crippen LogP contribution in [0.5, 0.6) is 6.01 Å². The second-order valence-electron chi connectivity index (χ2n) is 14.2. The maximum atomic E-state index is 16.9. The van der Waals surface area contributed by atoms with Gasteiger partial charge >= 0.3 is 12.1 Å². The fourth-order valence-corrected chi connectivity index (χ4v) is 8.10. The van der Waals surface area contributed by atoms with E-state index in [1.54, 1.807) is 33.2 Å². The summed E-state index contributed by atoms with van der Waals surface area (Å²) >= 11 is 0. The quantitative estimate of drug-likeness (QED) is 0.228. The number of nitrogens with zero attached hydrogens (tertiary/aromatic N) is 5. The molecular weight excluding hydrogens is 647 g/mol. The molecule has 0 aliphatic carbocycles. The van der Waals surface area contributed by atoms with E-state index in [9.17, 15) is 14.3 Å². The molecule has 4 heterocycles. The highest BCUT2D eigenvalue weighted by Gasteiger charge is 2.50. The summed E-state index contributed by atoms with van der Waals surface area (Å²) < 4.78 is 59.9. The number of carbonyl (C=O) groups excluding carboxylic acids is 1. The Morgan fingerprint density at radius 3 is 2.66 bits per heavy atom. The Morgan fingerprint density at radius 2 is 1.90 bits per heavy atom. The number of rotatable bonds is 7. The minimum absolute atomic E-state index is 0.0371. The standard InChI is InChI=1S/C38H40F3N5O4/c1-5-25-28(39)12-11-23-9-6-10-26(30(23)25)31-29(40)19-27-33(32(31)41)42-35(43-34(27)45-17-7-14-37(2,48)21-45)50-22-38-15-8-18-46(38)24(13-16-38)20-49-36(47)44(3)4/h1,6,9-12,19,24,48H,7-8,13-18,20-22H2,2-4H3/t24-,37+,38-/m0/s1. The summed E-state index contributed by atoms with van der Waals surface area (Å²) in [5.41, 5.74) is -1.92. The van der Waals surface area contributed by atoms with Gasteiger partial charge in [0.1, 0.15) is 36.2 Å². The molecule has 3 fully saturated rings. The molecule has 1 aromatic heterocycles. The van der Waals surface area contributed by atoms with E-state index in [1.165, 1.54) is 29.2 Å². The topological polar surface area (TPSA) is 91.3 Å². The van der Waals surface area contributed by atoms with Crippen LogP contribution in [0.1, 0.15) is 51.0 Å². The molecule has 0 saturated carbocycles. The first-order chi connectivity index (χ1) is 23.9. The Labute approximate surface area is 289 Å². The normalized spacial score (nSPS) is 23.6. The third-order valence-corrected chi connectivity index (χ3v) is 10.5. The number of aromatic nitrogens is 2. The summed E-state index contributed by atoms with van der Waals surface area (Å²) in [6, 6.07) is 8.76. The van der Waals surface area contributed by atoms with Gasteiger partial charge < -0.3 is 24.4 Å². The van der Waals surface area contributed by atoms with E-state index in [2.05, 4.69) is 15.8 Å². The first kappa shape index (κ1) is 33.9. The first-order valence-corrected chi connectivity index (χ1v) is 17.0. The van der Waals surface area contributed by atoms with Crippen LogP contribution < -0.4 is 9.64 Å². The minimum Gasteiger partial charge on any atom is -0.461 e. The van der Waals surface area contributed by atoms with E-state index >= 15 is 8.78 Å². The number of ether oxygens (including phenoxy) is 2. The van der Waals surface area contributed by atoms with Gasteiger partial charge in [0.15, 0.2) is 5.82 Å². The summed E-state index contributed by atoms with van der Waals surface area (Å²) in [7, 11) is 3.29. The van der Waals surface area contributed by atoms with Crippen molar-refractivity contribution in [3.8, 4) is 29.5 Å². The lowest BCUT2D eigenvalue weighted by Gasteiger charge is -2.38. The van der Waals surface area contributed by atoms with E-state index < -0.39 is 34.7 Å². The van der Waals surface area contributed by atoms with Gasteiger partial charge in [0, 0.05) is 44.0 Å². The number of benzene rings is 3. The zero-order valence-corrected chi connectivity index (χ0v) is 28.4. The lowest BCUT2D eigenvalue weighted by atomic mass is 9.92. The largest absolute Gasteiger partial charge is 0.461 e. The predicted molar refractivity (Wildman–Crippen MR) is 185 cm³/mol. The number of piperidine rings is 1. The summed E-state index contributed by atoms with van der Waals surface area (Å²) in [6.07, 6.45) is 9.93. The van der Waals surface area contributed by atoms with E-state index in [-0.39, 0.29) is 70.6 Å². The molecule has 1 amide bonds. The molecule has 7 rings (SSSR count). The molecule has 0 spiro atoms. The van der Waals surface area contributed by atoms with Gasteiger partial charge in [-0.2, -0.15) is 9.97 Å². The predicted octanol–water partition coefficient (Wildman–Crippen LogP) is 6.27. The van der Waals surface area contributed by atoms with Gasteiger partial charge in [-0.15, -0.1) is 6.42 Å². The maximum Gasteiger partial charge on any atom is 0.409 e. The number of hydrogen-bond acceptors (Lipinski definition) is 8. The van der Waals surface area contributed by atoms with Crippen LogP contribution in [0.15, 0.2) is 36.4 Å². The second-order valence-corrected chi connectivity index (χ2v) is 14.2. The van der Waals surface area contributed by atoms with E-state index in [0.717, 1.165) is 32.2 Å². The number of aliphatic hydroxyl groups is 1. The Balaban J connectivity index is 1.30. The van der Waals surface area contributed by atoms with Crippen LogP contribution >= 0.6 is 0 Å². The highest BCUT2D eigenvalue weighted by Crippen LogP contribution is 2.44. The van der Waals surface area contributed by atoms with Crippen molar-refractivity contribution in [3.05, 3.63) is 59.4 Å². The summed E-state index contributed by atoms with van der Waals surface area (Å²) in [5, 5.41) is 11.8. The number of carbonyl (C=O) groups is 1. The fraction of sp³-hybridized carbons (Fsp3) is 0.447. The molecular formula is C38H40F3N5O4. The molecule has 262 valence electrons. The van der Waals surface area contributed by atoms with Crippen LogP contribution in [0.2, 0.25) is 0 Å². The molecule has 0 radical (unpaired) electrons. The third kappa shape index (κ3) is 5.96. The van der Waals surface area contributed by atoms with Gasteiger partial charge in [0.25, 0.3) is 0 Å². The first-order valence-electron chi connectivity index (χ1n) is 17.0. The van der Waals surface area contributed by atoms with Crippen molar-refractivity contribution in [3.63, 3.8) is 0 Å². The Hall–Kier alpha value is -4.60. The van der Waals surface area contributed by atoms with Crippen LogP contribution in [0.25, 0.3) is 32.8 Å². The van der Waals surface area contributed by atoms with Crippen molar-refractivity contribution in [2.24, 2.45) is 0 Å². The van der Waals surface area contributed by atoms with Gasteiger partial charge in [-0.3, -0.25) is 4.90 Å². The molecule has 3 saturated heterocycles. The SMILES string of the molecule is C#Cc1c(F)ccc2cccc(-c3c(F)cc4c(N5CCC[C@@](C)(O)C5)nc(OC[C@@]56CCCN5[C@H](COC(=O)N(C)C)CC6)nc4c3F)c12. The van der Waals surface area contributed by atoms with Crippen LogP contribution in [0, 0.1) is 29.8 Å². The smallest absolute Gasteiger partial charge is 0.409 e. The Bertz CT molecular complexity index is 2030. The average Bonchev–Trinajstić information content (AvgIpc) is 3.65. The van der Waals surface area contributed by atoms with Crippen LogP contribution in [-0.2, 0) is 4.74 Å². The van der Waals surface area contributed by atoms with Crippen LogP contribution in [-0.4, -0.2) is 95.1 Å². The highest BCUT2D eigenvalue weighted by molar-refractivity contribution is 6.03. The molecule has 0 unspecified atom stereocenters. The fourth-order valence-electron chi connectivity index (χ4n) is 8.10. The average molecular weight is 688 g/mol. The van der Waals surface area contributed by atoms with Gasteiger partial charge in [0.05, 0.1) is 22.3 Å². The molecule has 4 aromatic rings. The zero-order chi connectivity index (χ0) is 35.4. The monoisotopic (exact) mass is 687 g/mol. The molecule has 1 N–H and O–H groups in total. The van der Waals surface area contributed by atoms with Crippen molar-refractivity contribution in [2.45, 2.75) is 62.6 Å². The zero-order valence-electron chi connectivity index (χ0n) is 28.4. The summed E-state index contributed by atoms with van der Waals surface area (Å²) in [6.45, 7) is 3.74. The molecule has 50 heavy (non-hydrogen) atoms. The second kappa shape index (κ2) is 12.9. The number of amides is 1. The van der Waals surface area contributed by atoms with Crippen LogP contribution in [0.4, 0.5) is 23.8 Å². The highest BCUT2D eigenvalue weighted by atomic mass is 19.1. The number of fused-ring (bicyclic) bond motifs is 3. The molecule has 3 aromatic carbocycles. The van der Waals surface area contributed by atoms with Gasteiger partial charge in [0.2, 0.25) is 0 Å². The number of hydrogen-bond donors (Lipinski definition) is 1.